The van der Waals surface area contributed by atoms with Crippen molar-refractivity contribution in [3.8, 4) is 0 Å². The van der Waals surface area contributed by atoms with Gasteiger partial charge in [-0.2, -0.15) is 4.72 Å². The lowest BCUT2D eigenvalue weighted by Gasteiger charge is -2.21. The Bertz CT molecular complexity index is 645. The summed E-state index contributed by atoms with van der Waals surface area (Å²) < 4.78 is 39.7. The second-order valence-corrected chi connectivity index (χ2v) is 7.04. The summed E-state index contributed by atoms with van der Waals surface area (Å²) in [6.45, 7) is 2.76. The van der Waals surface area contributed by atoms with Gasteiger partial charge in [-0.25, -0.2) is 12.8 Å². The summed E-state index contributed by atoms with van der Waals surface area (Å²) in [6, 6.07) is 2.11. The van der Waals surface area contributed by atoms with Crippen LogP contribution in [-0.2, 0) is 14.8 Å². The molecule has 2 rings (SSSR count). The summed E-state index contributed by atoms with van der Waals surface area (Å²) in [4.78, 5) is 13.5. The molecule has 21 heavy (non-hydrogen) atoms. The number of likely N-dealkylation sites (tertiary alicyclic amines) is 1. The van der Waals surface area contributed by atoms with Crippen molar-refractivity contribution in [2.24, 2.45) is 0 Å². The van der Waals surface area contributed by atoms with Crippen LogP contribution in [0.5, 0.6) is 0 Å². The number of carbonyl (C=O) groups is 1. The minimum atomic E-state index is -3.98. The third kappa shape index (κ3) is 3.72. The molecule has 1 aliphatic rings. The predicted molar refractivity (Wildman–Crippen MR) is 77.0 cm³/mol. The summed E-state index contributed by atoms with van der Waals surface area (Å²) in [5.41, 5.74) is 0. The van der Waals surface area contributed by atoms with Gasteiger partial charge in [-0.3, -0.25) is 4.79 Å². The van der Waals surface area contributed by atoms with Crippen LogP contribution in [0.1, 0.15) is 19.8 Å². The van der Waals surface area contributed by atoms with Gasteiger partial charge in [0.15, 0.2) is 0 Å². The van der Waals surface area contributed by atoms with Gasteiger partial charge in [-0.1, -0.05) is 11.6 Å². The summed E-state index contributed by atoms with van der Waals surface area (Å²) in [7, 11) is -3.98. The fourth-order valence-corrected chi connectivity index (χ4v) is 3.98. The van der Waals surface area contributed by atoms with Gasteiger partial charge in [0.05, 0.1) is 11.1 Å². The Morgan fingerprint density at radius 1 is 1.38 bits per heavy atom. The number of halogens is 2. The fourth-order valence-electron chi connectivity index (χ4n) is 2.25. The van der Waals surface area contributed by atoms with E-state index in [0.717, 1.165) is 31.0 Å². The Hall–Kier alpha value is -1.18. The van der Waals surface area contributed by atoms with E-state index in [1.54, 1.807) is 4.90 Å². The number of rotatable bonds is 4. The van der Waals surface area contributed by atoms with E-state index < -0.39 is 21.9 Å². The zero-order valence-corrected chi connectivity index (χ0v) is 13.0. The molecule has 0 saturated carbocycles. The number of nitrogens with zero attached hydrogens (tertiary/aromatic N) is 1. The molecule has 0 aromatic heterocycles. The summed E-state index contributed by atoms with van der Waals surface area (Å²) in [5.74, 6) is -0.894. The van der Waals surface area contributed by atoms with Crippen LogP contribution in [0, 0.1) is 5.82 Å². The Balaban J connectivity index is 2.14. The molecule has 8 heteroatoms. The molecule has 116 valence electrons. The van der Waals surface area contributed by atoms with Crippen molar-refractivity contribution >= 4 is 27.5 Å². The van der Waals surface area contributed by atoms with Gasteiger partial charge in [0.25, 0.3) is 0 Å². The molecule has 1 aromatic rings. The minimum Gasteiger partial charge on any atom is -0.341 e. The van der Waals surface area contributed by atoms with Gasteiger partial charge in [0, 0.05) is 13.1 Å². The van der Waals surface area contributed by atoms with Crippen molar-refractivity contribution in [2.75, 3.05) is 13.1 Å². The van der Waals surface area contributed by atoms with Crippen molar-refractivity contribution in [3.05, 3.63) is 29.0 Å². The molecule has 1 N–H and O–H groups in total. The maximum Gasteiger partial charge on any atom is 0.242 e. The average Bonchev–Trinajstić information content (AvgIpc) is 2.90. The van der Waals surface area contributed by atoms with E-state index in [1.165, 1.54) is 6.92 Å². The van der Waals surface area contributed by atoms with Crippen LogP contribution in [0.4, 0.5) is 4.39 Å². The highest BCUT2D eigenvalue weighted by molar-refractivity contribution is 7.89. The molecule has 0 unspecified atom stereocenters. The first-order valence-electron chi connectivity index (χ1n) is 6.57. The fraction of sp³-hybridized carbons (Fsp3) is 0.462. The van der Waals surface area contributed by atoms with Crippen LogP contribution >= 0.6 is 11.6 Å². The monoisotopic (exact) mass is 334 g/mol. The molecule has 1 aromatic carbocycles. The highest BCUT2D eigenvalue weighted by atomic mass is 35.5. The van der Waals surface area contributed by atoms with Crippen molar-refractivity contribution in [3.63, 3.8) is 0 Å². The van der Waals surface area contributed by atoms with Gasteiger partial charge >= 0.3 is 0 Å². The molecule has 1 fully saturated rings. The van der Waals surface area contributed by atoms with Crippen LogP contribution < -0.4 is 4.72 Å². The predicted octanol–water partition coefficient (Wildman–Crippen LogP) is 1.77. The number of carbonyl (C=O) groups excluding carboxylic acids is 1. The third-order valence-corrected chi connectivity index (χ3v) is 5.33. The summed E-state index contributed by atoms with van der Waals surface area (Å²) >= 11 is 5.75. The number of hydrogen-bond donors (Lipinski definition) is 1. The van der Waals surface area contributed by atoms with E-state index in [9.17, 15) is 17.6 Å². The molecule has 1 atom stereocenters. The first-order chi connectivity index (χ1) is 9.81. The molecule has 0 aliphatic carbocycles. The van der Waals surface area contributed by atoms with Crippen LogP contribution in [0.3, 0.4) is 0 Å². The third-order valence-electron chi connectivity index (χ3n) is 3.30. The van der Waals surface area contributed by atoms with E-state index in [0.29, 0.717) is 13.1 Å². The van der Waals surface area contributed by atoms with Crippen LogP contribution in [0.2, 0.25) is 5.02 Å². The normalized spacial score (nSPS) is 17.0. The number of benzene rings is 1. The number of hydrogen-bond acceptors (Lipinski definition) is 3. The molecule has 1 aliphatic heterocycles. The lowest BCUT2D eigenvalue weighted by atomic mass is 10.3. The SMILES string of the molecule is C[C@H](NS(=O)(=O)c1ccc(F)cc1Cl)C(=O)N1CCCC1. The van der Waals surface area contributed by atoms with Gasteiger partial charge < -0.3 is 4.90 Å². The van der Waals surface area contributed by atoms with E-state index in [4.69, 9.17) is 11.6 Å². The minimum absolute atomic E-state index is 0.219. The first kappa shape index (κ1) is 16.2. The molecule has 0 bridgehead atoms. The molecule has 1 amide bonds. The van der Waals surface area contributed by atoms with Crippen molar-refractivity contribution < 1.29 is 17.6 Å². The molecule has 1 heterocycles. The number of sulfonamides is 1. The van der Waals surface area contributed by atoms with Gasteiger partial charge in [-0.15, -0.1) is 0 Å². The molecular weight excluding hydrogens is 319 g/mol. The largest absolute Gasteiger partial charge is 0.341 e. The molecule has 1 saturated heterocycles. The Labute approximate surface area is 128 Å². The standard InChI is InChI=1S/C13H16ClFN2O3S/c1-9(13(18)17-6-2-3-7-17)16-21(19,20)12-5-4-10(15)8-11(12)14/h4-5,8-9,16H,2-3,6-7H2,1H3/t9-/m0/s1. The quantitative estimate of drug-likeness (QED) is 0.912. The van der Waals surface area contributed by atoms with E-state index >= 15 is 0 Å². The van der Waals surface area contributed by atoms with Crippen LogP contribution in [0.15, 0.2) is 23.1 Å². The molecule has 0 radical (unpaired) electrons. The van der Waals surface area contributed by atoms with Crippen molar-refractivity contribution in [1.82, 2.24) is 9.62 Å². The second kappa shape index (κ2) is 6.29. The Kier molecular flexibility index (Phi) is 4.85. The van der Waals surface area contributed by atoms with Crippen molar-refractivity contribution in [1.29, 1.82) is 0 Å². The summed E-state index contributed by atoms with van der Waals surface area (Å²) in [5, 5.41) is -0.219. The highest BCUT2D eigenvalue weighted by Crippen LogP contribution is 2.22. The van der Waals surface area contributed by atoms with E-state index in [-0.39, 0.29) is 15.8 Å². The molecule has 0 spiro atoms. The second-order valence-electron chi connectivity index (χ2n) is 4.95. The first-order valence-corrected chi connectivity index (χ1v) is 8.43. The van der Waals surface area contributed by atoms with Crippen LogP contribution in [-0.4, -0.2) is 38.4 Å². The highest BCUT2D eigenvalue weighted by Gasteiger charge is 2.28. The maximum atomic E-state index is 13.0. The van der Waals surface area contributed by atoms with E-state index in [1.807, 2.05) is 0 Å². The Morgan fingerprint density at radius 3 is 2.57 bits per heavy atom. The summed E-state index contributed by atoms with van der Waals surface area (Å²) in [6.07, 6.45) is 1.85. The smallest absolute Gasteiger partial charge is 0.242 e. The average molecular weight is 335 g/mol. The molecular formula is C13H16ClFN2O3S. The van der Waals surface area contributed by atoms with Gasteiger partial charge in [-0.05, 0) is 38.0 Å². The number of nitrogens with one attached hydrogen (secondary N) is 1. The topological polar surface area (TPSA) is 66.5 Å². The lowest BCUT2D eigenvalue weighted by molar-refractivity contribution is -0.131. The van der Waals surface area contributed by atoms with Crippen molar-refractivity contribution in [2.45, 2.75) is 30.7 Å². The molecule has 5 nitrogen and oxygen atoms in total. The lowest BCUT2D eigenvalue weighted by Crippen LogP contribution is -2.45. The van der Waals surface area contributed by atoms with E-state index in [2.05, 4.69) is 4.72 Å². The Morgan fingerprint density at radius 2 is 2.00 bits per heavy atom. The number of amides is 1. The zero-order valence-electron chi connectivity index (χ0n) is 11.5. The van der Waals surface area contributed by atoms with Gasteiger partial charge in [0.2, 0.25) is 15.9 Å². The van der Waals surface area contributed by atoms with Crippen LogP contribution in [0.25, 0.3) is 0 Å². The van der Waals surface area contributed by atoms with Gasteiger partial charge in [0.1, 0.15) is 10.7 Å². The maximum absolute atomic E-state index is 13.0. The zero-order chi connectivity index (χ0) is 15.6.